The third-order valence-electron chi connectivity index (χ3n) is 6.15. The Balaban J connectivity index is 1.58. The number of amides is 1. The Kier molecular flexibility index (Phi) is 6.61. The van der Waals surface area contributed by atoms with E-state index in [0.717, 1.165) is 39.2 Å². The highest BCUT2D eigenvalue weighted by Gasteiger charge is 2.36. The van der Waals surface area contributed by atoms with Crippen molar-refractivity contribution in [3.63, 3.8) is 0 Å². The average molecular weight is 513 g/mol. The van der Waals surface area contributed by atoms with Gasteiger partial charge >= 0.3 is 0 Å². The molecule has 1 aliphatic heterocycles. The number of carbonyl (C=O) groups is 1. The number of para-hydroxylation sites is 2. The van der Waals surface area contributed by atoms with Crippen molar-refractivity contribution in [1.29, 1.82) is 0 Å². The Morgan fingerprint density at radius 1 is 0.833 bits per heavy atom. The van der Waals surface area contributed by atoms with Crippen LogP contribution < -0.4 is 4.90 Å². The van der Waals surface area contributed by atoms with E-state index in [-0.39, 0.29) is 5.91 Å². The first kappa shape index (κ1) is 24.2. The Morgan fingerprint density at radius 2 is 1.44 bits per heavy atom. The molecule has 0 radical (unpaired) electrons. The van der Waals surface area contributed by atoms with Gasteiger partial charge < -0.3 is 4.42 Å². The van der Waals surface area contributed by atoms with Gasteiger partial charge in [-0.1, -0.05) is 48.0 Å². The molecule has 1 fully saturated rings. The van der Waals surface area contributed by atoms with E-state index in [2.05, 4.69) is 0 Å². The second-order valence-electron chi connectivity index (χ2n) is 8.84. The first-order chi connectivity index (χ1) is 17.3. The molecule has 0 atom stereocenters. The van der Waals surface area contributed by atoms with Gasteiger partial charge in [-0.05, 0) is 98.1 Å². The molecule has 3 aromatic carbocycles. The minimum absolute atomic E-state index is 0.119. The topological polar surface area (TPSA) is 45.8 Å². The molecule has 0 bridgehead atoms. The Morgan fingerprint density at radius 3 is 2.08 bits per heavy atom. The van der Waals surface area contributed by atoms with E-state index in [4.69, 9.17) is 21.0 Å². The number of anilines is 1. The highest BCUT2D eigenvalue weighted by molar-refractivity contribution is 8.19. The lowest BCUT2D eigenvalue weighted by Crippen LogP contribution is -2.30. The number of amidine groups is 1. The van der Waals surface area contributed by atoms with E-state index in [1.54, 1.807) is 11.0 Å². The Labute approximate surface area is 220 Å². The summed E-state index contributed by atoms with van der Waals surface area (Å²) in [5, 5.41) is 1.30. The van der Waals surface area contributed by atoms with E-state index in [1.165, 1.54) is 11.8 Å². The summed E-state index contributed by atoms with van der Waals surface area (Å²) >= 11 is 7.38. The number of furan rings is 1. The van der Waals surface area contributed by atoms with Gasteiger partial charge in [0.05, 0.1) is 16.3 Å². The molecule has 1 aromatic heterocycles. The standard InChI is InChI=1S/C30H25ClN2O2S/c1-18-7-5-8-19(2)27(18)32-30-33(28-20(3)9-6-10-21(28)4)29(34)26(36-30)17-24-15-16-25(35-24)22-11-13-23(31)14-12-22/h5-17H,1-4H3. The average Bonchev–Trinajstić information content (AvgIpc) is 3.42. The van der Waals surface area contributed by atoms with Crippen molar-refractivity contribution in [2.24, 2.45) is 4.99 Å². The molecule has 4 nitrogen and oxygen atoms in total. The number of nitrogens with zero attached hydrogens (tertiary/aromatic N) is 2. The molecule has 5 rings (SSSR count). The van der Waals surface area contributed by atoms with Crippen molar-refractivity contribution in [3.8, 4) is 11.3 Å². The molecule has 0 unspecified atom stereocenters. The van der Waals surface area contributed by atoms with Gasteiger partial charge in [0.2, 0.25) is 0 Å². The van der Waals surface area contributed by atoms with Crippen molar-refractivity contribution in [2.75, 3.05) is 4.90 Å². The molecule has 180 valence electrons. The van der Waals surface area contributed by atoms with Crippen LogP contribution in [0.15, 0.2) is 87.1 Å². The summed E-state index contributed by atoms with van der Waals surface area (Å²) in [6.07, 6.45) is 1.79. The molecule has 0 N–H and O–H groups in total. The maximum absolute atomic E-state index is 13.8. The normalized spacial score (nSPS) is 15.9. The second kappa shape index (κ2) is 9.84. The van der Waals surface area contributed by atoms with Gasteiger partial charge in [0, 0.05) is 16.7 Å². The number of rotatable bonds is 4. The van der Waals surface area contributed by atoms with Crippen molar-refractivity contribution >= 4 is 51.9 Å². The van der Waals surface area contributed by atoms with Crippen LogP contribution in [0.2, 0.25) is 5.02 Å². The number of carbonyl (C=O) groups excluding carboxylic acids is 1. The van der Waals surface area contributed by atoms with Crippen molar-refractivity contribution in [2.45, 2.75) is 27.7 Å². The quantitative estimate of drug-likeness (QED) is 0.257. The monoisotopic (exact) mass is 512 g/mol. The van der Waals surface area contributed by atoms with Crippen LogP contribution in [-0.2, 0) is 4.79 Å². The molecule has 6 heteroatoms. The summed E-state index contributed by atoms with van der Waals surface area (Å²) in [7, 11) is 0. The predicted octanol–water partition coefficient (Wildman–Crippen LogP) is 8.64. The fourth-order valence-electron chi connectivity index (χ4n) is 4.31. The fourth-order valence-corrected chi connectivity index (χ4v) is 5.39. The molecule has 0 spiro atoms. The summed E-state index contributed by atoms with van der Waals surface area (Å²) in [5.74, 6) is 1.20. The van der Waals surface area contributed by atoms with Gasteiger partial charge in [0.1, 0.15) is 11.5 Å². The Hall–Kier alpha value is -3.54. The van der Waals surface area contributed by atoms with Crippen LogP contribution in [0, 0.1) is 27.7 Å². The molecule has 1 aliphatic rings. The van der Waals surface area contributed by atoms with Crippen LogP contribution >= 0.6 is 23.4 Å². The smallest absolute Gasteiger partial charge is 0.271 e. The zero-order chi connectivity index (χ0) is 25.4. The molecule has 0 aliphatic carbocycles. The highest BCUT2D eigenvalue weighted by atomic mass is 35.5. The maximum atomic E-state index is 13.8. The molecular formula is C30H25ClN2O2S. The first-order valence-corrected chi connectivity index (χ1v) is 12.8. The highest BCUT2D eigenvalue weighted by Crippen LogP contribution is 2.41. The number of aliphatic imine (C=N–C) groups is 1. The van der Waals surface area contributed by atoms with Gasteiger partial charge in [-0.2, -0.15) is 0 Å². The van der Waals surface area contributed by atoms with Gasteiger partial charge in [0.15, 0.2) is 5.17 Å². The fraction of sp³-hybridized carbons (Fsp3) is 0.133. The molecular weight excluding hydrogens is 488 g/mol. The molecule has 2 heterocycles. The van der Waals surface area contributed by atoms with E-state index in [1.807, 2.05) is 100 Å². The number of hydrogen-bond donors (Lipinski definition) is 0. The lowest BCUT2D eigenvalue weighted by molar-refractivity contribution is -0.113. The van der Waals surface area contributed by atoms with Gasteiger partial charge in [-0.3, -0.25) is 9.69 Å². The number of thioether (sulfide) groups is 1. The van der Waals surface area contributed by atoms with E-state index >= 15 is 0 Å². The number of hydrogen-bond acceptors (Lipinski definition) is 4. The zero-order valence-electron chi connectivity index (χ0n) is 20.5. The SMILES string of the molecule is Cc1cccc(C)c1N=C1SC(=Cc2ccc(-c3ccc(Cl)cc3)o2)C(=O)N1c1c(C)cccc1C. The van der Waals surface area contributed by atoms with Crippen molar-refractivity contribution < 1.29 is 9.21 Å². The summed E-state index contributed by atoms with van der Waals surface area (Å²) in [6.45, 7) is 8.11. The lowest BCUT2D eigenvalue weighted by atomic mass is 10.1. The van der Waals surface area contributed by atoms with E-state index in [0.29, 0.717) is 26.6 Å². The van der Waals surface area contributed by atoms with Gasteiger partial charge in [0.25, 0.3) is 5.91 Å². The van der Waals surface area contributed by atoms with Crippen molar-refractivity contribution in [1.82, 2.24) is 0 Å². The first-order valence-electron chi connectivity index (χ1n) is 11.6. The van der Waals surface area contributed by atoms with Crippen LogP contribution in [0.3, 0.4) is 0 Å². The summed E-state index contributed by atoms with van der Waals surface area (Å²) in [5.41, 5.74) is 6.83. The minimum Gasteiger partial charge on any atom is -0.457 e. The van der Waals surface area contributed by atoms with E-state index < -0.39 is 0 Å². The summed E-state index contributed by atoms with van der Waals surface area (Å²) in [6, 6.07) is 23.4. The minimum atomic E-state index is -0.119. The zero-order valence-corrected chi connectivity index (χ0v) is 22.1. The lowest BCUT2D eigenvalue weighted by Gasteiger charge is -2.21. The van der Waals surface area contributed by atoms with Crippen LogP contribution in [-0.4, -0.2) is 11.1 Å². The van der Waals surface area contributed by atoms with Crippen LogP contribution in [0.1, 0.15) is 28.0 Å². The second-order valence-corrected chi connectivity index (χ2v) is 10.3. The van der Waals surface area contributed by atoms with Crippen LogP contribution in [0.25, 0.3) is 17.4 Å². The maximum Gasteiger partial charge on any atom is 0.271 e. The largest absolute Gasteiger partial charge is 0.457 e. The molecule has 4 aromatic rings. The number of aryl methyl sites for hydroxylation is 4. The predicted molar refractivity (Wildman–Crippen MR) is 151 cm³/mol. The molecule has 1 amide bonds. The van der Waals surface area contributed by atoms with Crippen molar-refractivity contribution in [3.05, 3.63) is 111 Å². The molecule has 1 saturated heterocycles. The molecule has 0 saturated carbocycles. The van der Waals surface area contributed by atoms with E-state index in [9.17, 15) is 4.79 Å². The van der Waals surface area contributed by atoms with Gasteiger partial charge in [-0.25, -0.2) is 4.99 Å². The number of halogens is 1. The number of benzene rings is 3. The van der Waals surface area contributed by atoms with Gasteiger partial charge in [-0.15, -0.1) is 0 Å². The van der Waals surface area contributed by atoms with Crippen LogP contribution in [0.4, 0.5) is 11.4 Å². The summed E-state index contributed by atoms with van der Waals surface area (Å²) < 4.78 is 6.06. The van der Waals surface area contributed by atoms with Crippen LogP contribution in [0.5, 0.6) is 0 Å². The summed E-state index contributed by atoms with van der Waals surface area (Å²) in [4.78, 5) is 21.1. The molecule has 36 heavy (non-hydrogen) atoms. The Bertz CT molecular complexity index is 1490. The third kappa shape index (κ3) is 4.64. The third-order valence-corrected chi connectivity index (χ3v) is 7.37.